The fourth-order valence-electron chi connectivity index (χ4n) is 2.63. The molecular weight excluding hydrogens is 254 g/mol. The number of anilines is 1. The highest BCUT2D eigenvalue weighted by molar-refractivity contribution is 5.66. The van der Waals surface area contributed by atoms with E-state index < -0.39 is 5.97 Å². The maximum absolute atomic E-state index is 10.5. The number of carbonyl (C=O) groups is 1. The Morgan fingerprint density at radius 3 is 2.95 bits per heavy atom. The van der Waals surface area contributed by atoms with Gasteiger partial charge in [-0.15, -0.1) is 0 Å². The lowest BCUT2D eigenvalue weighted by molar-refractivity contribution is -0.137. The largest absolute Gasteiger partial charge is 0.487 e. The van der Waals surface area contributed by atoms with Crippen molar-refractivity contribution < 1.29 is 14.6 Å². The van der Waals surface area contributed by atoms with Crippen molar-refractivity contribution in [1.82, 2.24) is 0 Å². The monoisotopic (exact) mass is 277 g/mol. The molecule has 1 N–H and O–H groups in total. The van der Waals surface area contributed by atoms with Gasteiger partial charge in [-0.3, -0.25) is 4.79 Å². The van der Waals surface area contributed by atoms with Crippen LogP contribution in [-0.2, 0) is 11.2 Å². The lowest BCUT2D eigenvalue weighted by atomic mass is 10.0. The van der Waals surface area contributed by atoms with E-state index in [2.05, 4.69) is 30.9 Å². The lowest BCUT2D eigenvalue weighted by Crippen LogP contribution is -2.38. The van der Waals surface area contributed by atoms with Crippen LogP contribution in [0.25, 0.3) is 0 Å². The summed E-state index contributed by atoms with van der Waals surface area (Å²) >= 11 is 0. The Morgan fingerprint density at radius 1 is 1.45 bits per heavy atom. The maximum Gasteiger partial charge on any atom is 0.303 e. The van der Waals surface area contributed by atoms with E-state index >= 15 is 0 Å². The van der Waals surface area contributed by atoms with Gasteiger partial charge in [0.05, 0.1) is 12.2 Å². The third kappa shape index (κ3) is 3.65. The number of unbranched alkanes of at least 4 members (excludes halogenated alkanes) is 1. The molecule has 1 aliphatic rings. The summed E-state index contributed by atoms with van der Waals surface area (Å²) in [7, 11) is 0. The number of rotatable bonds is 6. The van der Waals surface area contributed by atoms with E-state index in [1.54, 1.807) is 0 Å². The maximum atomic E-state index is 10.5. The molecule has 4 nitrogen and oxygen atoms in total. The van der Waals surface area contributed by atoms with Gasteiger partial charge >= 0.3 is 5.97 Å². The number of hydrogen-bond donors (Lipinski definition) is 1. The number of aliphatic carboxylic acids is 1. The van der Waals surface area contributed by atoms with E-state index in [1.807, 2.05) is 6.07 Å². The zero-order valence-electron chi connectivity index (χ0n) is 12.3. The highest BCUT2D eigenvalue weighted by atomic mass is 16.5. The fourth-order valence-corrected chi connectivity index (χ4v) is 2.63. The molecule has 20 heavy (non-hydrogen) atoms. The molecule has 0 aromatic heterocycles. The minimum absolute atomic E-state index is 0.226. The quantitative estimate of drug-likeness (QED) is 0.812. The highest BCUT2D eigenvalue weighted by Gasteiger charge is 2.21. The van der Waals surface area contributed by atoms with E-state index in [9.17, 15) is 4.79 Å². The second-order valence-corrected chi connectivity index (χ2v) is 5.37. The zero-order chi connectivity index (χ0) is 14.5. The van der Waals surface area contributed by atoms with E-state index in [4.69, 9.17) is 9.84 Å². The van der Waals surface area contributed by atoms with Crippen LogP contribution in [0.1, 0.15) is 38.7 Å². The number of nitrogens with zero attached hydrogens (tertiary/aromatic N) is 1. The number of likely N-dealkylation sites (N-methyl/N-ethyl adjacent to an activating group) is 1. The van der Waals surface area contributed by atoms with Crippen LogP contribution >= 0.6 is 0 Å². The third-order valence-corrected chi connectivity index (χ3v) is 3.66. The number of benzene rings is 1. The molecular formula is C16H23NO3. The molecule has 0 spiro atoms. The molecule has 0 bridgehead atoms. The van der Waals surface area contributed by atoms with Gasteiger partial charge in [0.25, 0.3) is 0 Å². The summed E-state index contributed by atoms with van der Waals surface area (Å²) in [4.78, 5) is 12.8. The van der Waals surface area contributed by atoms with Gasteiger partial charge in [0, 0.05) is 13.0 Å². The van der Waals surface area contributed by atoms with Gasteiger partial charge in [-0.25, -0.2) is 0 Å². The summed E-state index contributed by atoms with van der Waals surface area (Å²) in [6.07, 6.45) is 3.05. The normalized spacial score (nSPS) is 17.5. The van der Waals surface area contributed by atoms with Crippen LogP contribution in [0.15, 0.2) is 18.2 Å². The smallest absolute Gasteiger partial charge is 0.303 e. The summed E-state index contributed by atoms with van der Waals surface area (Å²) in [5, 5.41) is 8.64. The molecule has 0 radical (unpaired) electrons. The summed E-state index contributed by atoms with van der Waals surface area (Å²) in [5.41, 5.74) is 2.42. The van der Waals surface area contributed by atoms with Crippen LogP contribution in [0.2, 0.25) is 0 Å². The molecule has 1 aromatic rings. The molecule has 0 saturated heterocycles. The number of carboxylic acids is 1. The molecule has 1 aromatic carbocycles. The molecule has 1 heterocycles. The zero-order valence-corrected chi connectivity index (χ0v) is 12.3. The number of aryl methyl sites for hydroxylation is 1. The molecule has 110 valence electrons. The average molecular weight is 277 g/mol. The molecule has 1 unspecified atom stereocenters. The Hall–Kier alpha value is -1.71. The molecule has 0 fully saturated rings. The number of hydrogen-bond acceptors (Lipinski definition) is 3. The number of carboxylic acid groups (broad SMARTS) is 1. The Balaban J connectivity index is 2.01. The van der Waals surface area contributed by atoms with Crippen molar-refractivity contribution in [3.63, 3.8) is 0 Å². The topological polar surface area (TPSA) is 49.8 Å². The standard InChI is InChI=1S/C16H23NO3/c1-3-17-11-12(2)20-15-9-8-13(10-14(15)17)6-4-5-7-16(18)19/h8-10,12H,3-7,11H2,1-2H3,(H,18,19). The van der Waals surface area contributed by atoms with Crippen LogP contribution in [-0.4, -0.2) is 30.3 Å². The minimum Gasteiger partial charge on any atom is -0.487 e. The van der Waals surface area contributed by atoms with Crippen molar-refractivity contribution in [1.29, 1.82) is 0 Å². The van der Waals surface area contributed by atoms with Crippen LogP contribution in [0.3, 0.4) is 0 Å². The summed E-state index contributed by atoms with van der Waals surface area (Å²) in [6.45, 7) is 6.14. The Kier molecular flexibility index (Phi) is 4.88. The van der Waals surface area contributed by atoms with E-state index in [-0.39, 0.29) is 12.5 Å². The van der Waals surface area contributed by atoms with Gasteiger partial charge in [-0.05, 0) is 50.8 Å². The predicted molar refractivity (Wildman–Crippen MR) is 79.6 cm³/mol. The molecule has 4 heteroatoms. The predicted octanol–water partition coefficient (Wildman–Crippen LogP) is 3.09. The van der Waals surface area contributed by atoms with Gasteiger partial charge in [0.15, 0.2) is 0 Å². The molecule has 0 aliphatic carbocycles. The van der Waals surface area contributed by atoms with Crippen LogP contribution in [0.4, 0.5) is 5.69 Å². The van der Waals surface area contributed by atoms with Crippen molar-refractivity contribution in [2.75, 3.05) is 18.0 Å². The first kappa shape index (κ1) is 14.7. The van der Waals surface area contributed by atoms with E-state index in [0.29, 0.717) is 0 Å². The fraction of sp³-hybridized carbons (Fsp3) is 0.562. The Morgan fingerprint density at radius 2 is 2.25 bits per heavy atom. The summed E-state index contributed by atoms with van der Waals surface area (Å²) in [6, 6.07) is 6.32. The first-order valence-corrected chi connectivity index (χ1v) is 7.36. The van der Waals surface area contributed by atoms with Crippen LogP contribution in [0.5, 0.6) is 5.75 Å². The van der Waals surface area contributed by atoms with E-state index in [1.165, 1.54) is 11.3 Å². The molecule has 0 amide bonds. The SMILES string of the molecule is CCN1CC(C)Oc2ccc(CCCCC(=O)O)cc21. The first-order chi connectivity index (χ1) is 9.60. The van der Waals surface area contributed by atoms with Gasteiger partial charge < -0.3 is 14.7 Å². The molecule has 1 aliphatic heterocycles. The molecule has 0 saturated carbocycles. The first-order valence-electron chi connectivity index (χ1n) is 7.36. The van der Waals surface area contributed by atoms with Crippen molar-refractivity contribution >= 4 is 11.7 Å². The Labute approximate surface area is 120 Å². The van der Waals surface area contributed by atoms with Crippen molar-refractivity contribution in [3.8, 4) is 5.75 Å². The average Bonchev–Trinajstić information content (AvgIpc) is 2.42. The minimum atomic E-state index is -0.713. The third-order valence-electron chi connectivity index (χ3n) is 3.66. The van der Waals surface area contributed by atoms with E-state index in [0.717, 1.165) is 38.1 Å². The second kappa shape index (κ2) is 6.64. The van der Waals surface area contributed by atoms with Crippen molar-refractivity contribution in [2.45, 2.75) is 45.6 Å². The van der Waals surface area contributed by atoms with Crippen LogP contribution in [0, 0.1) is 0 Å². The van der Waals surface area contributed by atoms with Crippen molar-refractivity contribution in [3.05, 3.63) is 23.8 Å². The molecule has 2 rings (SSSR count). The second-order valence-electron chi connectivity index (χ2n) is 5.37. The number of ether oxygens (including phenoxy) is 1. The molecule has 1 atom stereocenters. The van der Waals surface area contributed by atoms with Crippen LogP contribution < -0.4 is 9.64 Å². The summed E-state index contributed by atoms with van der Waals surface area (Å²) in [5.74, 6) is 0.245. The summed E-state index contributed by atoms with van der Waals surface area (Å²) < 4.78 is 5.86. The highest BCUT2D eigenvalue weighted by Crippen LogP contribution is 2.34. The number of fused-ring (bicyclic) bond motifs is 1. The van der Waals surface area contributed by atoms with Gasteiger partial charge in [-0.1, -0.05) is 6.07 Å². The Bertz CT molecular complexity index is 473. The van der Waals surface area contributed by atoms with Gasteiger partial charge in [0.1, 0.15) is 11.9 Å². The van der Waals surface area contributed by atoms with Gasteiger partial charge in [0.2, 0.25) is 0 Å². The van der Waals surface area contributed by atoms with Gasteiger partial charge in [-0.2, -0.15) is 0 Å². The van der Waals surface area contributed by atoms with Crippen molar-refractivity contribution in [2.24, 2.45) is 0 Å². The lowest BCUT2D eigenvalue weighted by Gasteiger charge is -2.34.